The average Bonchev–Trinajstić information content (AvgIpc) is 3.66. The molecule has 0 aliphatic carbocycles. The van der Waals surface area contributed by atoms with Crippen LogP contribution in [0.2, 0.25) is 0 Å². The van der Waals surface area contributed by atoms with Crippen molar-refractivity contribution in [2.24, 2.45) is 0 Å². The number of nitrogens with zero attached hydrogens (tertiary/aromatic N) is 3. The maximum Gasteiger partial charge on any atom is 0.160 e. The SMILES string of the molecule is c1ccc(-c2ccc(-c3cc(-c4cc(-c5cccc(-c6cccnc6)c5)nc(-c5ccccc5)n4)cc(-c4cccc5c4sc4ccccc45)c3)cc2)cc1. The van der Waals surface area contributed by atoms with Crippen molar-refractivity contribution in [3.8, 4) is 78.4 Å². The van der Waals surface area contributed by atoms with Crippen LogP contribution < -0.4 is 0 Å². The normalized spacial score (nSPS) is 11.3. The lowest BCUT2D eigenvalue weighted by molar-refractivity contribution is 1.18. The Hall–Kier alpha value is -7.01. The van der Waals surface area contributed by atoms with Crippen LogP contribution in [-0.2, 0) is 0 Å². The van der Waals surface area contributed by atoms with Crippen LogP contribution in [0.25, 0.3) is 98.6 Å². The van der Waals surface area contributed by atoms with Crippen LogP contribution in [0.3, 0.4) is 0 Å². The molecule has 10 rings (SSSR count). The van der Waals surface area contributed by atoms with E-state index in [0.29, 0.717) is 5.82 Å². The number of hydrogen-bond donors (Lipinski definition) is 0. The third-order valence-corrected chi connectivity index (χ3v) is 11.4. The zero-order chi connectivity index (χ0) is 36.6. The molecule has 258 valence electrons. The highest BCUT2D eigenvalue weighted by molar-refractivity contribution is 7.26. The van der Waals surface area contributed by atoms with Gasteiger partial charge in [-0.25, -0.2) is 9.97 Å². The summed E-state index contributed by atoms with van der Waals surface area (Å²) in [7, 11) is 0. The molecule has 10 aromatic rings. The second-order valence-electron chi connectivity index (χ2n) is 13.7. The predicted octanol–water partition coefficient (Wildman–Crippen LogP) is 13.9. The molecule has 0 fully saturated rings. The van der Waals surface area contributed by atoms with Gasteiger partial charge < -0.3 is 0 Å². The summed E-state index contributed by atoms with van der Waals surface area (Å²) in [4.78, 5) is 14.8. The van der Waals surface area contributed by atoms with E-state index in [-0.39, 0.29) is 0 Å². The highest BCUT2D eigenvalue weighted by atomic mass is 32.1. The van der Waals surface area contributed by atoms with Gasteiger partial charge in [-0.1, -0.05) is 146 Å². The zero-order valence-electron chi connectivity index (χ0n) is 29.8. The Bertz CT molecular complexity index is 2950. The van der Waals surface area contributed by atoms with E-state index in [0.717, 1.165) is 55.9 Å². The van der Waals surface area contributed by atoms with Crippen LogP contribution in [0.15, 0.2) is 200 Å². The molecule has 3 nitrogen and oxygen atoms in total. The Labute approximate surface area is 323 Å². The first-order valence-electron chi connectivity index (χ1n) is 18.4. The minimum atomic E-state index is 0.686. The molecule has 0 spiro atoms. The van der Waals surface area contributed by atoms with Gasteiger partial charge in [0.15, 0.2) is 5.82 Å². The molecule has 0 aliphatic heterocycles. The smallest absolute Gasteiger partial charge is 0.160 e. The van der Waals surface area contributed by atoms with Gasteiger partial charge in [0.1, 0.15) is 0 Å². The Morgan fingerprint density at radius 1 is 0.345 bits per heavy atom. The molecule has 0 unspecified atom stereocenters. The quantitative estimate of drug-likeness (QED) is 0.165. The first-order chi connectivity index (χ1) is 27.2. The van der Waals surface area contributed by atoms with E-state index in [9.17, 15) is 0 Å². The second-order valence-corrected chi connectivity index (χ2v) is 14.7. The topological polar surface area (TPSA) is 38.7 Å². The highest BCUT2D eigenvalue weighted by Crippen LogP contribution is 2.42. The summed E-state index contributed by atoms with van der Waals surface area (Å²) >= 11 is 1.85. The fourth-order valence-corrected chi connectivity index (χ4v) is 8.65. The molecule has 3 heterocycles. The Morgan fingerprint density at radius 3 is 1.69 bits per heavy atom. The monoisotopic (exact) mass is 719 g/mol. The molecule has 7 aromatic carbocycles. The predicted molar refractivity (Wildman–Crippen MR) is 231 cm³/mol. The highest BCUT2D eigenvalue weighted by Gasteiger charge is 2.16. The van der Waals surface area contributed by atoms with Gasteiger partial charge in [0.05, 0.1) is 11.4 Å². The van der Waals surface area contributed by atoms with Crippen LogP contribution in [0.5, 0.6) is 0 Å². The first-order valence-corrected chi connectivity index (χ1v) is 19.2. The van der Waals surface area contributed by atoms with Crippen molar-refractivity contribution in [1.82, 2.24) is 15.0 Å². The number of fused-ring (bicyclic) bond motifs is 3. The number of thiophene rings is 1. The van der Waals surface area contributed by atoms with Crippen molar-refractivity contribution in [3.63, 3.8) is 0 Å². The summed E-state index contributed by atoms with van der Waals surface area (Å²) in [5.41, 5.74) is 13.9. The van der Waals surface area contributed by atoms with E-state index in [1.165, 1.54) is 36.9 Å². The Balaban J connectivity index is 1.18. The van der Waals surface area contributed by atoms with E-state index in [1.807, 2.05) is 41.8 Å². The third kappa shape index (κ3) is 6.39. The average molecular weight is 720 g/mol. The molecule has 55 heavy (non-hydrogen) atoms. The van der Waals surface area contributed by atoms with Gasteiger partial charge in [-0.05, 0) is 81.4 Å². The van der Waals surface area contributed by atoms with Crippen LogP contribution in [0.1, 0.15) is 0 Å². The number of rotatable bonds is 7. The van der Waals surface area contributed by atoms with Gasteiger partial charge >= 0.3 is 0 Å². The minimum Gasteiger partial charge on any atom is -0.264 e. The molecule has 0 amide bonds. The standard InChI is InChI=1S/C51H33N3S/c1-3-12-34(13-4-1)35-23-25-36(26-24-35)41-29-42(44-20-10-21-46-45-19-7-8-22-49(45)55-50(44)46)31-43(30-41)48-32-47(53-51(54-48)37-14-5-2-6-15-37)39-17-9-16-38(28-39)40-18-11-27-52-33-40/h1-33H. The van der Waals surface area contributed by atoms with Gasteiger partial charge in [-0.3, -0.25) is 4.98 Å². The molecule has 0 saturated heterocycles. The molecule has 4 heteroatoms. The third-order valence-electron chi connectivity index (χ3n) is 10.2. The van der Waals surface area contributed by atoms with Crippen molar-refractivity contribution >= 4 is 31.5 Å². The largest absolute Gasteiger partial charge is 0.264 e. The second kappa shape index (κ2) is 14.1. The first kappa shape index (κ1) is 32.6. The molecule has 3 aromatic heterocycles. The van der Waals surface area contributed by atoms with Crippen LogP contribution in [0.4, 0.5) is 0 Å². The Morgan fingerprint density at radius 2 is 0.909 bits per heavy atom. The summed E-state index contributed by atoms with van der Waals surface area (Å²) < 4.78 is 2.58. The van der Waals surface area contributed by atoms with E-state index in [1.54, 1.807) is 6.20 Å². The van der Waals surface area contributed by atoms with Gasteiger partial charge in [0, 0.05) is 54.8 Å². The Kier molecular flexibility index (Phi) is 8.36. The molecule has 0 saturated carbocycles. The minimum absolute atomic E-state index is 0.686. The maximum atomic E-state index is 5.28. The van der Waals surface area contributed by atoms with Gasteiger partial charge in [0.25, 0.3) is 0 Å². The molecule has 0 bridgehead atoms. The lowest BCUT2D eigenvalue weighted by Crippen LogP contribution is -1.97. The zero-order valence-corrected chi connectivity index (χ0v) is 30.6. The van der Waals surface area contributed by atoms with E-state index < -0.39 is 0 Å². The summed E-state index contributed by atoms with van der Waals surface area (Å²) in [6, 6.07) is 66.7. The van der Waals surface area contributed by atoms with E-state index >= 15 is 0 Å². The van der Waals surface area contributed by atoms with Gasteiger partial charge in [-0.15, -0.1) is 11.3 Å². The van der Waals surface area contributed by atoms with E-state index in [2.05, 4.69) is 169 Å². The van der Waals surface area contributed by atoms with Crippen molar-refractivity contribution in [2.45, 2.75) is 0 Å². The fourth-order valence-electron chi connectivity index (χ4n) is 7.41. The summed E-state index contributed by atoms with van der Waals surface area (Å²) in [6.45, 7) is 0. The number of benzene rings is 7. The molecular formula is C51H33N3S. The summed E-state index contributed by atoms with van der Waals surface area (Å²) in [5.74, 6) is 0.686. The summed E-state index contributed by atoms with van der Waals surface area (Å²) in [6.07, 6.45) is 3.70. The molecule has 0 aliphatic rings. The van der Waals surface area contributed by atoms with Gasteiger partial charge in [0.2, 0.25) is 0 Å². The number of pyridine rings is 1. The fraction of sp³-hybridized carbons (Fsp3) is 0. The van der Waals surface area contributed by atoms with Crippen LogP contribution in [-0.4, -0.2) is 15.0 Å². The van der Waals surface area contributed by atoms with Crippen molar-refractivity contribution in [2.75, 3.05) is 0 Å². The molecular weight excluding hydrogens is 687 g/mol. The molecule has 0 radical (unpaired) electrons. The lowest BCUT2D eigenvalue weighted by atomic mass is 9.93. The van der Waals surface area contributed by atoms with Crippen molar-refractivity contribution in [3.05, 3.63) is 200 Å². The summed E-state index contributed by atoms with van der Waals surface area (Å²) in [5, 5.41) is 2.57. The van der Waals surface area contributed by atoms with Gasteiger partial charge in [-0.2, -0.15) is 0 Å². The molecule has 0 N–H and O–H groups in total. The van der Waals surface area contributed by atoms with Crippen LogP contribution >= 0.6 is 11.3 Å². The lowest BCUT2D eigenvalue weighted by Gasteiger charge is -2.14. The van der Waals surface area contributed by atoms with Crippen molar-refractivity contribution in [1.29, 1.82) is 0 Å². The van der Waals surface area contributed by atoms with Crippen LogP contribution in [0, 0.1) is 0 Å². The number of hydrogen-bond acceptors (Lipinski definition) is 4. The van der Waals surface area contributed by atoms with Crippen molar-refractivity contribution < 1.29 is 0 Å². The van der Waals surface area contributed by atoms with E-state index in [4.69, 9.17) is 9.97 Å². The maximum absolute atomic E-state index is 5.28. The number of aromatic nitrogens is 3. The molecule has 0 atom stereocenters.